The van der Waals surface area contributed by atoms with E-state index < -0.39 is 6.10 Å². The number of aliphatic hydroxyl groups excluding tert-OH is 1. The molecule has 0 aliphatic rings. The lowest BCUT2D eigenvalue weighted by Gasteiger charge is -2.20. The predicted octanol–water partition coefficient (Wildman–Crippen LogP) is 2.89. The number of nitrogens with zero attached hydrogens (tertiary/aromatic N) is 7. The van der Waals surface area contributed by atoms with Crippen LogP contribution in [0.2, 0.25) is 0 Å². The van der Waals surface area contributed by atoms with Gasteiger partial charge in [-0.1, -0.05) is 6.07 Å². The zero-order valence-corrected chi connectivity index (χ0v) is 16.3. The molecule has 2 aromatic heterocycles. The van der Waals surface area contributed by atoms with E-state index in [0.717, 1.165) is 24.5 Å². The van der Waals surface area contributed by atoms with Crippen molar-refractivity contribution < 1.29 is 9.67 Å². The first-order valence-electron chi connectivity index (χ1n) is 9.46. The van der Waals surface area contributed by atoms with Crippen LogP contribution in [0, 0.1) is 0 Å². The lowest BCUT2D eigenvalue weighted by Crippen LogP contribution is -2.40. The third-order valence-corrected chi connectivity index (χ3v) is 4.35. The number of azo groups is 1. The van der Waals surface area contributed by atoms with Gasteiger partial charge in [0.25, 0.3) is 5.95 Å². The molecule has 0 amide bonds. The maximum absolute atomic E-state index is 10.2. The van der Waals surface area contributed by atoms with E-state index in [0.29, 0.717) is 13.1 Å². The SMILES string of the molecule is CCN(CC)c1ccc(N=Nc2ncn(CC(O)C[n+]3ccccc3)n2)cc1. The summed E-state index contributed by atoms with van der Waals surface area (Å²) in [5.74, 6) is 0.271. The molecule has 0 radical (unpaired) electrons. The molecule has 8 nitrogen and oxygen atoms in total. The number of anilines is 1. The Balaban J connectivity index is 1.56. The fraction of sp³-hybridized carbons (Fsp3) is 0.350. The molecule has 1 unspecified atom stereocenters. The van der Waals surface area contributed by atoms with Crippen molar-refractivity contribution >= 4 is 17.3 Å². The van der Waals surface area contributed by atoms with E-state index in [2.05, 4.69) is 39.1 Å². The minimum atomic E-state index is -0.577. The molecule has 3 rings (SSSR count). The summed E-state index contributed by atoms with van der Waals surface area (Å²) < 4.78 is 3.50. The van der Waals surface area contributed by atoms with E-state index in [9.17, 15) is 5.11 Å². The zero-order chi connectivity index (χ0) is 19.8. The maximum Gasteiger partial charge on any atom is 0.287 e. The largest absolute Gasteiger partial charge is 0.385 e. The van der Waals surface area contributed by atoms with Gasteiger partial charge in [-0.3, -0.25) is 0 Å². The molecule has 2 heterocycles. The molecular weight excluding hydrogens is 354 g/mol. The van der Waals surface area contributed by atoms with Crippen LogP contribution in [0.4, 0.5) is 17.3 Å². The molecule has 1 aromatic carbocycles. The summed E-state index contributed by atoms with van der Waals surface area (Å²) in [6.45, 7) is 7.02. The fourth-order valence-electron chi connectivity index (χ4n) is 2.91. The zero-order valence-electron chi connectivity index (χ0n) is 16.3. The Hall–Kier alpha value is -3.13. The molecule has 8 heteroatoms. The Morgan fingerprint density at radius 2 is 1.79 bits per heavy atom. The van der Waals surface area contributed by atoms with Gasteiger partial charge in [-0.2, -0.15) is 4.98 Å². The van der Waals surface area contributed by atoms with Crippen LogP contribution in [0.5, 0.6) is 0 Å². The third kappa shape index (κ3) is 5.43. The third-order valence-electron chi connectivity index (χ3n) is 4.35. The number of hydrogen-bond acceptors (Lipinski definition) is 6. The number of pyridine rings is 1. The van der Waals surface area contributed by atoms with Crippen LogP contribution in [-0.2, 0) is 13.1 Å². The Morgan fingerprint density at radius 3 is 2.46 bits per heavy atom. The first-order chi connectivity index (χ1) is 13.7. The second kappa shape index (κ2) is 9.70. The van der Waals surface area contributed by atoms with Gasteiger partial charge in [0.15, 0.2) is 18.9 Å². The van der Waals surface area contributed by atoms with E-state index >= 15 is 0 Å². The van der Waals surface area contributed by atoms with Crippen molar-refractivity contribution in [3.8, 4) is 0 Å². The van der Waals surface area contributed by atoms with Crippen molar-refractivity contribution in [2.75, 3.05) is 18.0 Å². The highest BCUT2D eigenvalue weighted by Gasteiger charge is 2.12. The predicted molar refractivity (Wildman–Crippen MR) is 107 cm³/mol. The molecule has 0 saturated carbocycles. The van der Waals surface area contributed by atoms with Crippen molar-refractivity contribution in [3.63, 3.8) is 0 Å². The average Bonchev–Trinajstić information content (AvgIpc) is 3.16. The number of aromatic nitrogens is 4. The first kappa shape index (κ1) is 19.6. The highest BCUT2D eigenvalue weighted by atomic mass is 16.3. The maximum atomic E-state index is 10.2. The van der Waals surface area contributed by atoms with Gasteiger partial charge in [-0.05, 0) is 38.1 Å². The number of benzene rings is 1. The van der Waals surface area contributed by atoms with Crippen LogP contribution in [0.3, 0.4) is 0 Å². The van der Waals surface area contributed by atoms with Crippen LogP contribution in [-0.4, -0.2) is 39.1 Å². The van der Waals surface area contributed by atoms with Crippen molar-refractivity contribution in [1.82, 2.24) is 14.8 Å². The summed E-state index contributed by atoms with van der Waals surface area (Å²) in [7, 11) is 0. The molecule has 146 valence electrons. The molecule has 1 atom stereocenters. The van der Waals surface area contributed by atoms with Gasteiger partial charge in [0.05, 0.1) is 12.2 Å². The monoisotopic (exact) mass is 380 g/mol. The standard InChI is InChI=1S/C20H26N7O/c1-3-26(4-2)18-10-8-17(9-11-18)22-23-20-21-16-27(24-20)15-19(28)14-25-12-6-5-7-13-25/h5-13,16,19,28H,3-4,14-15H2,1-2H3/q+1. The lowest BCUT2D eigenvalue weighted by atomic mass is 10.2. The smallest absolute Gasteiger partial charge is 0.287 e. The Bertz CT molecular complexity index is 873. The van der Waals surface area contributed by atoms with Gasteiger partial charge in [-0.15, -0.1) is 15.3 Å². The molecule has 28 heavy (non-hydrogen) atoms. The molecule has 0 aliphatic heterocycles. The Kier molecular flexibility index (Phi) is 6.80. The summed E-state index contributed by atoms with van der Waals surface area (Å²) in [5.41, 5.74) is 1.91. The van der Waals surface area contributed by atoms with Crippen molar-refractivity contribution in [2.24, 2.45) is 10.2 Å². The fourth-order valence-corrected chi connectivity index (χ4v) is 2.91. The van der Waals surface area contributed by atoms with Gasteiger partial charge in [0.2, 0.25) is 0 Å². The molecule has 0 spiro atoms. The first-order valence-corrected chi connectivity index (χ1v) is 9.46. The van der Waals surface area contributed by atoms with Crippen LogP contribution >= 0.6 is 0 Å². The summed E-state index contributed by atoms with van der Waals surface area (Å²) >= 11 is 0. The number of rotatable bonds is 9. The minimum absolute atomic E-state index is 0.271. The lowest BCUT2D eigenvalue weighted by molar-refractivity contribution is -0.703. The molecule has 0 bridgehead atoms. The van der Waals surface area contributed by atoms with Gasteiger partial charge in [-0.25, -0.2) is 9.25 Å². The van der Waals surface area contributed by atoms with Crippen LogP contribution in [0.1, 0.15) is 13.8 Å². The van der Waals surface area contributed by atoms with E-state index in [-0.39, 0.29) is 5.95 Å². The van der Waals surface area contributed by atoms with Crippen molar-refractivity contribution in [3.05, 3.63) is 61.2 Å². The van der Waals surface area contributed by atoms with Gasteiger partial charge < -0.3 is 10.0 Å². The van der Waals surface area contributed by atoms with Crippen LogP contribution in [0.15, 0.2) is 71.4 Å². The van der Waals surface area contributed by atoms with Crippen LogP contribution in [0.25, 0.3) is 0 Å². The summed E-state index contributed by atoms with van der Waals surface area (Å²) in [6, 6.07) is 13.7. The molecule has 3 aromatic rings. The van der Waals surface area contributed by atoms with Crippen molar-refractivity contribution in [2.45, 2.75) is 33.0 Å². The summed E-state index contributed by atoms with van der Waals surface area (Å²) in [5, 5.41) is 22.7. The normalized spacial score (nSPS) is 12.4. The van der Waals surface area contributed by atoms with Gasteiger partial charge in [0, 0.05) is 30.9 Å². The highest BCUT2D eigenvalue weighted by molar-refractivity contribution is 5.52. The molecule has 0 aliphatic carbocycles. The molecule has 1 N–H and O–H groups in total. The summed E-state index contributed by atoms with van der Waals surface area (Å²) in [6.07, 6.45) is 4.80. The second-order valence-corrected chi connectivity index (χ2v) is 6.38. The van der Waals surface area contributed by atoms with E-state index in [1.807, 2.05) is 59.4 Å². The van der Waals surface area contributed by atoms with Gasteiger partial charge in [0.1, 0.15) is 12.4 Å². The van der Waals surface area contributed by atoms with Crippen molar-refractivity contribution in [1.29, 1.82) is 0 Å². The quantitative estimate of drug-likeness (QED) is 0.457. The minimum Gasteiger partial charge on any atom is -0.385 e. The van der Waals surface area contributed by atoms with Crippen LogP contribution < -0.4 is 9.47 Å². The van der Waals surface area contributed by atoms with E-state index in [4.69, 9.17) is 0 Å². The molecule has 0 saturated heterocycles. The Morgan fingerprint density at radius 1 is 1.07 bits per heavy atom. The number of hydrogen-bond donors (Lipinski definition) is 1. The second-order valence-electron chi connectivity index (χ2n) is 6.38. The molecular formula is C20H26N7O+. The highest BCUT2D eigenvalue weighted by Crippen LogP contribution is 2.21. The van der Waals surface area contributed by atoms with E-state index in [1.54, 1.807) is 11.0 Å². The Labute approximate surface area is 164 Å². The summed E-state index contributed by atoms with van der Waals surface area (Å²) in [4.78, 5) is 6.40. The van der Waals surface area contributed by atoms with E-state index in [1.165, 1.54) is 0 Å². The number of aliphatic hydroxyl groups is 1. The van der Waals surface area contributed by atoms with Gasteiger partial charge >= 0.3 is 0 Å². The molecule has 0 fully saturated rings. The topological polar surface area (TPSA) is 82.8 Å². The average molecular weight is 380 g/mol.